The number of carbonyl (C=O) groups is 1. The van der Waals surface area contributed by atoms with Crippen molar-refractivity contribution in [3.8, 4) is 5.75 Å². The average Bonchev–Trinajstić information content (AvgIpc) is 2.15. The number of ether oxygens (including phenoxy) is 1. The summed E-state index contributed by atoms with van der Waals surface area (Å²) in [5.74, 6) is -0.601. The minimum absolute atomic E-state index is 0. The Balaban J connectivity index is 0.00000169. The van der Waals surface area contributed by atoms with Crippen LogP contribution in [-0.2, 0) is 4.79 Å². The highest BCUT2D eigenvalue weighted by atomic mass is 16.5. The Morgan fingerprint density at radius 1 is 1.36 bits per heavy atom. The molecule has 0 aliphatic carbocycles. The van der Waals surface area contributed by atoms with Gasteiger partial charge >= 0.3 is 5.97 Å². The van der Waals surface area contributed by atoms with Gasteiger partial charge in [0.25, 0.3) is 0 Å². The van der Waals surface area contributed by atoms with Gasteiger partial charge in [0.05, 0.1) is 0 Å². The number of carboxylic acids is 1. The summed E-state index contributed by atoms with van der Waals surface area (Å²) in [7, 11) is 0. The van der Waals surface area contributed by atoms with Crippen LogP contribution in [0.5, 0.6) is 5.75 Å². The Morgan fingerprint density at radius 3 is 2.36 bits per heavy atom. The van der Waals surface area contributed by atoms with Gasteiger partial charge in [0.15, 0.2) is 0 Å². The average molecular weight is 194 g/mol. The van der Waals surface area contributed by atoms with Gasteiger partial charge in [-0.15, -0.1) is 0 Å². The van der Waals surface area contributed by atoms with E-state index in [-0.39, 0.29) is 13.2 Å². The molecule has 0 aliphatic rings. The SMILES string of the molecule is C.C/C=C(\Oc1ccccc1)C(=O)O. The van der Waals surface area contributed by atoms with Crippen LogP contribution in [0, 0.1) is 0 Å². The Morgan fingerprint density at radius 2 is 1.93 bits per heavy atom. The van der Waals surface area contributed by atoms with Crippen LogP contribution >= 0.6 is 0 Å². The summed E-state index contributed by atoms with van der Waals surface area (Å²) in [5, 5.41) is 8.64. The second-order valence-corrected chi connectivity index (χ2v) is 2.37. The van der Waals surface area contributed by atoms with Crippen molar-refractivity contribution in [2.24, 2.45) is 0 Å². The lowest BCUT2D eigenvalue weighted by molar-refractivity contribution is -0.135. The van der Waals surface area contributed by atoms with Crippen molar-refractivity contribution in [1.29, 1.82) is 0 Å². The highest BCUT2D eigenvalue weighted by molar-refractivity contribution is 5.84. The molecule has 0 atom stereocenters. The van der Waals surface area contributed by atoms with E-state index in [0.29, 0.717) is 5.75 Å². The molecule has 0 unspecified atom stereocenters. The van der Waals surface area contributed by atoms with E-state index in [9.17, 15) is 4.79 Å². The fourth-order valence-corrected chi connectivity index (χ4v) is 0.842. The fraction of sp³-hybridized carbons (Fsp3) is 0.182. The topological polar surface area (TPSA) is 46.5 Å². The third-order valence-electron chi connectivity index (χ3n) is 1.44. The quantitative estimate of drug-likeness (QED) is 0.594. The highest BCUT2D eigenvalue weighted by Crippen LogP contribution is 2.12. The predicted molar refractivity (Wildman–Crippen MR) is 55.2 cm³/mol. The second-order valence-electron chi connectivity index (χ2n) is 2.37. The number of hydrogen-bond acceptors (Lipinski definition) is 2. The first kappa shape index (κ1) is 12.2. The van der Waals surface area contributed by atoms with E-state index in [0.717, 1.165) is 0 Å². The molecule has 1 rings (SSSR count). The molecule has 0 saturated carbocycles. The van der Waals surface area contributed by atoms with E-state index in [1.807, 2.05) is 6.07 Å². The van der Waals surface area contributed by atoms with E-state index in [4.69, 9.17) is 9.84 Å². The van der Waals surface area contributed by atoms with Crippen LogP contribution in [0.3, 0.4) is 0 Å². The van der Waals surface area contributed by atoms with E-state index in [2.05, 4.69) is 0 Å². The van der Waals surface area contributed by atoms with Gasteiger partial charge < -0.3 is 9.84 Å². The highest BCUT2D eigenvalue weighted by Gasteiger charge is 2.07. The minimum Gasteiger partial charge on any atom is -0.475 e. The Kier molecular flexibility index (Phi) is 5.07. The molecule has 1 aromatic rings. The van der Waals surface area contributed by atoms with E-state index < -0.39 is 5.97 Å². The number of allylic oxidation sites excluding steroid dienone is 1. The number of carboxylic acid groups (broad SMARTS) is 1. The molecule has 0 bridgehead atoms. The van der Waals surface area contributed by atoms with Gasteiger partial charge in [-0.2, -0.15) is 0 Å². The summed E-state index contributed by atoms with van der Waals surface area (Å²) in [6, 6.07) is 8.80. The summed E-state index contributed by atoms with van der Waals surface area (Å²) < 4.78 is 5.09. The summed E-state index contributed by atoms with van der Waals surface area (Å²) in [6.07, 6.45) is 1.41. The van der Waals surface area contributed by atoms with Crippen molar-refractivity contribution < 1.29 is 14.6 Å². The number of para-hydroxylation sites is 1. The molecule has 76 valence electrons. The van der Waals surface area contributed by atoms with Gasteiger partial charge in [0.2, 0.25) is 5.76 Å². The standard InChI is InChI=1S/C10H10O3.CH4/c1-2-9(10(11)12)13-8-6-4-3-5-7-8;/h2-7H,1H3,(H,11,12);1H4/b9-2-;. The number of aliphatic carboxylic acids is 1. The van der Waals surface area contributed by atoms with Crippen molar-refractivity contribution in [2.75, 3.05) is 0 Å². The van der Waals surface area contributed by atoms with Gasteiger partial charge in [0, 0.05) is 0 Å². The van der Waals surface area contributed by atoms with Crippen LogP contribution in [0.25, 0.3) is 0 Å². The van der Waals surface area contributed by atoms with E-state index in [1.165, 1.54) is 6.08 Å². The lowest BCUT2D eigenvalue weighted by Crippen LogP contribution is -2.06. The first-order chi connectivity index (χ1) is 6.24. The zero-order valence-corrected chi connectivity index (χ0v) is 7.23. The molecule has 0 heterocycles. The molecular weight excluding hydrogens is 180 g/mol. The largest absolute Gasteiger partial charge is 0.475 e. The molecule has 0 saturated heterocycles. The van der Waals surface area contributed by atoms with Crippen LogP contribution in [0.4, 0.5) is 0 Å². The van der Waals surface area contributed by atoms with Crippen LogP contribution in [0.15, 0.2) is 42.2 Å². The van der Waals surface area contributed by atoms with Crippen molar-refractivity contribution in [3.05, 3.63) is 42.2 Å². The maximum atomic E-state index is 10.5. The summed E-state index contributed by atoms with van der Waals surface area (Å²) >= 11 is 0. The van der Waals surface area contributed by atoms with Gasteiger partial charge in [0.1, 0.15) is 5.75 Å². The summed E-state index contributed by atoms with van der Waals surface area (Å²) in [5.41, 5.74) is 0. The molecular formula is C11H14O3. The predicted octanol–water partition coefficient (Wildman–Crippen LogP) is 2.69. The summed E-state index contributed by atoms with van der Waals surface area (Å²) in [4.78, 5) is 10.5. The number of rotatable bonds is 3. The fourth-order valence-electron chi connectivity index (χ4n) is 0.842. The Bertz CT molecular complexity index is 315. The van der Waals surface area contributed by atoms with Crippen molar-refractivity contribution in [1.82, 2.24) is 0 Å². The molecule has 0 fully saturated rings. The van der Waals surface area contributed by atoms with Crippen molar-refractivity contribution in [2.45, 2.75) is 14.4 Å². The molecule has 0 spiro atoms. The third-order valence-corrected chi connectivity index (χ3v) is 1.44. The van der Waals surface area contributed by atoms with Gasteiger partial charge in [-0.25, -0.2) is 4.79 Å². The lowest BCUT2D eigenvalue weighted by atomic mass is 10.3. The van der Waals surface area contributed by atoms with Crippen molar-refractivity contribution in [3.63, 3.8) is 0 Å². The van der Waals surface area contributed by atoms with Gasteiger partial charge in [-0.1, -0.05) is 25.6 Å². The smallest absolute Gasteiger partial charge is 0.371 e. The van der Waals surface area contributed by atoms with E-state index in [1.54, 1.807) is 31.2 Å². The first-order valence-electron chi connectivity index (χ1n) is 3.86. The maximum Gasteiger partial charge on any atom is 0.371 e. The lowest BCUT2D eigenvalue weighted by Gasteiger charge is -2.04. The van der Waals surface area contributed by atoms with Crippen LogP contribution in [0.2, 0.25) is 0 Å². The zero-order valence-electron chi connectivity index (χ0n) is 7.23. The molecule has 0 aliphatic heterocycles. The van der Waals surface area contributed by atoms with Gasteiger partial charge in [-0.05, 0) is 25.1 Å². The van der Waals surface area contributed by atoms with Crippen molar-refractivity contribution >= 4 is 5.97 Å². The number of benzene rings is 1. The second kappa shape index (κ2) is 5.80. The monoisotopic (exact) mass is 194 g/mol. The molecule has 0 aromatic heterocycles. The molecule has 3 nitrogen and oxygen atoms in total. The van der Waals surface area contributed by atoms with Crippen LogP contribution in [-0.4, -0.2) is 11.1 Å². The molecule has 1 N–H and O–H groups in total. The molecule has 3 heteroatoms. The summed E-state index contributed by atoms with van der Waals surface area (Å²) in [6.45, 7) is 1.62. The van der Waals surface area contributed by atoms with Crippen LogP contribution in [0.1, 0.15) is 14.4 Å². The van der Waals surface area contributed by atoms with Crippen LogP contribution < -0.4 is 4.74 Å². The first-order valence-corrected chi connectivity index (χ1v) is 3.86. The maximum absolute atomic E-state index is 10.5. The minimum atomic E-state index is -1.06. The molecule has 0 amide bonds. The number of hydrogen-bond donors (Lipinski definition) is 1. The zero-order chi connectivity index (χ0) is 9.68. The Hall–Kier alpha value is -1.77. The van der Waals surface area contributed by atoms with E-state index >= 15 is 0 Å². The van der Waals surface area contributed by atoms with Gasteiger partial charge in [-0.3, -0.25) is 0 Å². The Labute approximate surface area is 83.6 Å². The molecule has 1 aromatic carbocycles. The molecule has 14 heavy (non-hydrogen) atoms. The normalized spacial score (nSPS) is 10.2. The third kappa shape index (κ3) is 3.31. The molecule has 0 radical (unpaired) electrons.